The van der Waals surface area contributed by atoms with Crippen LogP contribution >= 0.6 is 23.2 Å². The highest BCUT2D eigenvalue weighted by molar-refractivity contribution is 6.33. The second kappa shape index (κ2) is 6.16. The van der Waals surface area contributed by atoms with Gasteiger partial charge in [-0.05, 0) is 42.8 Å². The summed E-state index contributed by atoms with van der Waals surface area (Å²) in [7, 11) is 0. The summed E-state index contributed by atoms with van der Waals surface area (Å²) < 4.78 is 38.2. The molecule has 0 saturated heterocycles. The number of anilines is 1. The quantitative estimate of drug-likeness (QED) is 0.706. The third-order valence-electron chi connectivity index (χ3n) is 3.04. The molecule has 0 amide bonds. The average Bonchev–Trinajstić information content (AvgIpc) is 2.40. The molecule has 0 saturated carbocycles. The predicted octanol–water partition coefficient (Wildman–Crippen LogP) is 6.19. The van der Waals surface area contributed by atoms with Gasteiger partial charge in [-0.3, -0.25) is 0 Å². The highest BCUT2D eigenvalue weighted by Gasteiger charge is 2.31. The van der Waals surface area contributed by atoms with Crippen LogP contribution in [0.5, 0.6) is 0 Å². The fraction of sp³-hybridized carbons (Fsp3) is 0.200. The third kappa shape index (κ3) is 4.05. The third-order valence-corrected chi connectivity index (χ3v) is 3.62. The van der Waals surface area contributed by atoms with E-state index in [2.05, 4.69) is 5.32 Å². The van der Waals surface area contributed by atoms with E-state index < -0.39 is 11.7 Å². The van der Waals surface area contributed by atoms with Crippen LogP contribution < -0.4 is 5.32 Å². The van der Waals surface area contributed by atoms with Gasteiger partial charge in [0.25, 0.3) is 0 Å². The fourth-order valence-corrected chi connectivity index (χ4v) is 2.18. The van der Waals surface area contributed by atoms with Crippen molar-refractivity contribution in [2.75, 3.05) is 5.32 Å². The van der Waals surface area contributed by atoms with Crippen LogP contribution in [0.4, 0.5) is 18.9 Å². The number of alkyl halides is 3. The minimum absolute atomic E-state index is 0.205. The van der Waals surface area contributed by atoms with E-state index in [0.717, 1.165) is 17.7 Å². The molecule has 1 N–H and O–H groups in total. The highest BCUT2D eigenvalue weighted by Crippen LogP contribution is 2.35. The standard InChI is InChI=1S/C15H12Cl2F3N/c1-9(10-2-5-12(16)6-3-10)21-14-8-11(15(18,19)20)4-7-13(14)17/h2-9,21H,1H3. The molecule has 0 aliphatic carbocycles. The summed E-state index contributed by atoms with van der Waals surface area (Å²) >= 11 is 11.8. The summed E-state index contributed by atoms with van der Waals surface area (Å²) in [6, 6.07) is 10.1. The van der Waals surface area contributed by atoms with Gasteiger partial charge in [-0.25, -0.2) is 0 Å². The zero-order valence-corrected chi connectivity index (χ0v) is 12.5. The number of hydrogen-bond donors (Lipinski definition) is 1. The Kier molecular flexibility index (Phi) is 4.69. The Balaban J connectivity index is 2.24. The number of benzene rings is 2. The summed E-state index contributed by atoms with van der Waals surface area (Å²) in [5.41, 5.74) is 0.402. The van der Waals surface area contributed by atoms with Gasteiger partial charge in [0.05, 0.1) is 16.3 Å². The van der Waals surface area contributed by atoms with E-state index >= 15 is 0 Å². The Morgan fingerprint density at radius 3 is 2.19 bits per heavy atom. The molecule has 0 heterocycles. The van der Waals surface area contributed by atoms with Crippen molar-refractivity contribution >= 4 is 28.9 Å². The summed E-state index contributed by atoms with van der Waals surface area (Å²) in [5.74, 6) is 0. The minimum atomic E-state index is -4.40. The lowest BCUT2D eigenvalue weighted by Gasteiger charge is -2.18. The zero-order chi connectivity index (χ0) is 15.6. The molecule has 2 rings (SSSR count). The molecule has 1 atom stereocenters. The molecule has 21 heavy (non-hydrogen) atoms. The van der Waals surface area contributed by atoms with E-state index in [1.807, 2.05) is 19.1 Å². The average molecular weight is 334 g/mol. The predicted molar refractivity (Wildman–Crippen MR) is 79.9 cm³/mol. The van der Waals surface area contributed by atoms with E-state index in [4.69, 9.17) is 23.2 Å². The molecule has 0 aromatic heterocycles. The van der Waals surface area contributed by atoms with Gasteiger partial charge < -0.3 is 5.32 Å². The Morgan fingerprint density at radius 2 is 1.62 bits per heavy atom. The maximum absolute atomic E-state index is 12.7. The molecular formula is C15H12Cl2F3N. The Morgan fingerprint density at radius 1 is 1.00 bits per heavy atom. The normalized spacial score (nSPS) is 13.0. The SMILES string of the molecule is CC(Nc1cc(C(F)(F)F)ccc1Cl)c1ccc(Cl)cc1. The molecule has 0 aliphatic rings. The van der Waals surface area contributed by atoms with E-state index in [1.54, 1.807) is 12.1 Å². The summed E-state index contributed by atoms with van der Waals surface area (Å²) in [4.78, 5) is 0. The van der Waals surface area contributed by atoms with Crippen molar-refractivity contribution in [3.8, 4) is 0 Å². The first-order valence-electron chi connectivity index (χ1n) is 6.16. The molecule has 1 unspecified atom stereocenters. The van der Waals surface area contributed by atoms with Crippen molar-refractivity contribution in [2.45, 2.75) is 19.1 Å². The topological polar surface area (TPSA) is 12.0 Å². The van der Waals surface area contributed by atoms with Crippen LogP contribution in [0.2, 0.25) is 10.0 Å². The van der Waals surface area contributed by atoms with Crippen LogP contribution in [0.15, 0.2) is 42.5 Å². The van der Waals surface area contributed by atoms with Crippen molar-refractivity contribution in [2.24, 2.45) is 0 Å². The van der Waals surface area contributed by atoms with Crippen molar-refractivity contribution in [1.82, 2.24) is 0 Å². The minimum Gasteiger partial charge on any atom is -0.377 e. The van der Waals surface area contributed by atoms with Gasteiger partial charge in [0, 0.05) is 11.1 Å². The first kappa shape index (κ1) is 16.0. The molecule has 0 aliphatic heterocycles. The zero-order valence-electron chi connectivity index (χ0n) is 11.0. The first-order valence-corrected chi connectivity index (χ1v) is 6.91. The number of nitrogens with one attached hydrogen (secondary N) is 1. The van der Waals surface area contributed by atoms with Gasteiger partial charge in [-0.15, -0.1) is 0 Å². The van der Waals surface area contributed by atoms with Gasteiger partial charge in [-0.2, -0.15) is 13.2 Å². The summed E-state index contributed by atoms with van der Waals surface area (Å²) in [6.45, 7) is 1.83. The van der Waals surface area contributed by atoms with Crippen LogP contribution in [0.3, 0.4) is 0 Å². The summed E-state index contributed by atoms with van der Waals surface area (Å²) in [6.07, 6.45) is -4.40. The monoisotopic (exact) mass is 333 g/mol. The molecular weight excluding hydrogens is 322 g/mol. The van der Waals surface area contributed by atoms with E-state index in [-0.39, 0.29) is 16.8 Å². The smallest absolute Gasteiger partial charge is 0.377 e. The first-order chi connectivity index (χ1) is 9.77. The lowest BCUT2D eigenvalue weighted by atomic mass is 10.1. The molecule has 0 bridgehead atoms. The van der Waals surface area contributed by atoms with Gasteiger partial charge in [0.15, 0.2) is 0 Å². The lowest BCUT2D eigenvalue weighted by molar-refractivity contribution is -0.137. The van der Waals surface area contributed by atoms with Crippen LogP contribution in [0, 0.1) is 0 Å². The highest BCUT2D eigenvalue weighted by atomic mass is 35.5. The Bertz CT molecular complexity index is 624. The van der Waals surface area contributed by atoms with Crippen LogP contribution in [0.25, 0.3) is 0 Å². The van der Waals surface area contributed by atoms with Crippen molar-refractivity contribution in [3.05, 3.63) is 63.6 Å². The number of hydrogen-bond acceptors (Lipinski definition) is 1. The number of rotatable bonds is 3. The molecule has 1 nitrogen and oxygen atoms in total. The van der Waals surface area contributed by atoms with Gasteiger partial charge in [0.2, 0.25) is 0 Å². The van der Waals surface area contributed by atoms with E-state index in [0.29, 0.717) is 5.02 Å². The molecule has 0 spiro atoms. The van der Waals surface area contributed by atoms with Crippen molar-refractivity contribution in [1.29, 1.82) is 0 Å². The van der Waals surface area contributed by atoms with Gasteiger partial charge in [0.1, 0.15) is 0 Å². The second-order valence-electron chi connectivity index (χ2n) is 4.61. The molecule has 6 heteroatoms. The number of halogens is 5. The van der Waals surface area contributed by atoms with Crippen molar-refractivity contribution in [3.63, 3.8) is 0 Å². The fourth-order valence-electron chi connectivity index (χ4n) is 1.88. The van der Waals surface area contributed by atoms with E-state index in [9.17, 15) is 13.2 Å². The Hall–Kier alpha value is -1.39. The molecule has 2 aromatic carbocycles. The molecule has 2 aromatic rings. The summed E-state index contributed by atoms with van der Waals surface area (Å²) in [5, 5.41) is 3.82. The van der Waals surface area contributed by atoms with E-state index in [1.165, 1.54) is 6.07 Å². The van der Waals surface area contributed by atoms with Gasteiger partial charge >= 0.3 is 6.18 Å². The Labute approximate surface area is 130 Å². The van der Waals surface area contributed by atoms with Crippen molar-refractivity contribution < 1.29 is 13.2 Å². The lowest BCUT2D eigenvalue weighted by Crippen LogP contribution is -2.09. The largest absolute Gasteiger partial charge is 0.416 e. The van der Waals surface area contributed by atoms with Crippen LogP contribution in [0.1, 0.15) is 24.1 Å². The maximum Gasteiger partial charge on any atom is 0.416 e. The molecule has 112 valence electrons. The van der Waals surface area contributed by atoms with Crippen LogP contribution in [-0.2, 0) is 6.18 Å². The second-order valence-corrected chi connectivity index (χ2v) is 5.45. The maximum atomic E-state index is 12.7. The molecule has 0 fully saturated rings. The van der Waals surface area contributed by atoms with Crippen LogP contribution in [-0.4, -0.2) is 0 Å². The molecule has 0 radical (unpaired) electrons. The van der Waals surface area contributed by atoms with Gasteiger partial charge in [-0.1, -0.05) is 35.3 Å².